The lowest BCUT2D eigenvalue weighted by Gasteiger charge is -2.27. The molecule has 1 N–H and O–H groups in total. The van der Waals surface area contributed by atoms with E-state index in [0.29, 0.717) is 12.1 Å². The average Bonchev–Trinajstić information content (AvgIpc) is 2.93. The van der Waals surface area contributed by atoms with Gasteiger partial charge in [-0.3, -0.25) is 0 Å². The Labute approximate surface area is 121 Å². The third-order valence-electron chi connectivity index (χ3n) is 4.15. The molecule has 0 radical (unpaired) electrons. The van der Waals surface area contributed by atoms with Crippen LogP contribution in [0.15, 0.2) is 36.8 Å². The Balaban J connectivity index is 1.76. The van der Waals surface area contributed by atoms with Crippen molar-refractivity contribution < 1.29 is 0 Å². The summed E-state index contributed by atoms with van der Waals surface area (Å²) >= 11 is 0. The molecule has 1 aromatic heterocycles. The number of fused-ring (bicyclic) bond motifs is 1. The SMILES string of the molecule is CC(C)NCc1cncn1C1CCc2ccccc2C1. The monoisotopic (exact) mass is 269 g/mol. The van der Waals surface area contributed by atoms with Gasteiger partial charge in [-0.2, -0.15) is 0 Å². The molecule has 3 rings (SSSR count). The summed E-state index contributed by atoms with van der Waals surface area (Å²) in [7, 11) is 0. The molecule has 1 atom stereocenters. The second-order valence-corrected chi connectivity index (χ2v) is 5.99. The third-order valence-corrected chi connectivity index (χ3v) is 4.15. The summed E-state index contributed by atoms with van der Waals surface area (Å²) in [5.74, 6) is 0. The smallest absolute Gasteiger partial charge is 0.0951 e. The summed E-state index contributed by atoms with van der Waals surface area (Å²) in [5.41, 5.74) is 4.31. The van der Waals surface area contributed by atoms with Gasteiger partial charge in [0, 0.05) is 24.8 Å². The van der Waals surface area contributed by atoms with Gasteiger partial charge < -0.3 is 9.88 Å². The van der Waals surface area contributed by atoms with Crippen LogP contribution in [-0.2, 0) is 19.4 Å². The Bertz CT molecular complexity index is 571. The van der Waals surface area contributed by atoms with Crippen molar-refractivity contribution in [2.24, 2.45) is 0 Å². The first kappa shape index (κ1) is 13.4. The van der Waals surface area contributed by atoms with Gasteiger partial charge in [-0.15, -0.1) is 0 Å². The first-order chi connectivity index (χ1) is 9.74. The quantitative estimate of drug-likeness (QED) is 0.924. The largest absolute Gasteiger partial charge is 0.330 e. The molecule has 1 aromatic carbocycles. The van der Waals surface area contributed by atoms with Gasteiger partial charge in [0.05, 0.1) is 12.0 Å². The average molecular weight is 269 g/mol. The van der Waals surface area contributed by atoms with Crippen LogP contribution in [0.2, 0.25) is 0 Å². The second kappa shape index (κ2) is 5.80. The van der Waals surface area contributed by atoms with E-state index in [2.05, 4.69) is 53.0 Å². The number of nitrogens with one attached hydrogen (secondary N) is 1. The van der Waals surface area contributed by atoms with E-state index in [0.717, 1.165) is 13.0 Å². The molecule has 1 heterocycles. The van der Waals surface area contributed by atoms with Gasteiger partial charge in [0.15, 0.2) is 0 Å². The topological polar surface area (TPSA) is 29.9 Å². The van der Waals surface area contributed by atoms with Crippen LogP contribution in [0.25, 0.3) is 0 Å². The molecule has 2 aromatic rings. The van der Waals surface area contributed by atoms with Crippen LogP contribution in [0.1, 0.15) is 43.1 Å². The number of hydrogen-bond acceptors (Lipinski definition) is 2. The van der Waals surface area contributed by atoms with Crippen molar-refractivity contribution in [2.45, 2.75) is 51.7 Å². The molecule has 1 aliphatic rings. The lowest BCUT2D eigenvalue weighted by Crippen LogP contribution is -2.26. The molecule has 0 saturated carbocycles. The molecule has 3 nitrogen and oxygen atoms in total. The molecule has 0 amide bonds. The van der Waals surface area contributed by atoms with Gasteiger partial charge in [-0.25, -0.2) is 4.98 Å². The zero-order chi connectivity index (χ0) is 13.9. The van der Waals surface area contributed by atoms with E-state index >= 15 is 0 Å². The molecule has 0 saturated heterocycles. The predicted octanol–water partition coefficient (Wildman–Crippen LogP) is 3.11. The molecule has 0 fully saturated rings. The molecule has 0 spiro atoms. The van der Waals surface area contributed by atoms with Gasteiger partial charge in [-0.1, -0.05) is 38.1 Å². The lowest BCUT2D eigenvalue weighted by atomic mass is 9.88. The van der Waals surface area contributed by atoms with E-state index < -0.39 is 0 Å². The van der Waals surface area contributed by atoms with Gasteiger partial charge in [-0.05, 0) is 30.4 Å². The van der Waals surface area contributed by atoms with E-state index in [1.807, 2.05) is 12.5 Å². The maximum absolute atomic E-state index is 4.35. The Morgan fingerprint density at radius 2 is 2.10 bits per heavy atom. The molecular formula is C17H23N3. The van der Waals surface area contributed by atoms with Crippen molar-refractivity contribution in [1.82, 2.24) is 14.9 Å². The minimum atomic E-state index is 0.505. The van der Waals surface area contributed by atoms with Crippen molar-refractivity contribution in [3.05, 3.63) is 53.6 Å². The van der Waals surface area contributed by atoms with Gasteiger partial charge >= 0.3 is 0 Å². The zero-order valence-corrected chi connectivity index (χ0v) is 12.3. The van der Waals surface area contributed by atoms with Crippen molar-refractivity contribution in [3.63, 3.8) is 0 Å². The van der Waals surface area contributed by atoms with Crippen LogP contribution >= 0.6 is 0 Å². The normalized spacial score (nSPS) is 18.2. The lowest BCUT2D eigenvalue weighted by molar-refractivity contribution is 0.422. The van der Waals surface area contributed by atoms with E-state index in [9.17, 15) is 0 Å². The van der Waals surface area contributed by atoms with E-state index in [4.69, 9.17) is 0 Å². The highest BCUT2D eigenvalue weighted by Gasteiger charge is 2.21. The Hall–Kier alpha value is -1.61. The highest BCUT2D eigenvalue weighted by Crippen LogP contribution is 2.29. The number of hydrogen-bond donors (Lipinski definition) is 1. The minimum absolute atomic E-state index is 0.505. The van der Waals surface area contributed by atoms with Crippen molar-refractivity contribution in [1.29, 1.82) is 0 Å². The second-order valence-electron chi connectivity index (χ2n) is 5.99. The maximum Gasteiger partial charge on any atom is 0.0951 e. The maximum atomic E-state index is 4.35. The summed E-state index contributed by atoms with van der Waals surface area (Å²) in [5, 5.41) is 3.49. The van der Waals surface area contributed by atoms with Crippen molar-refractivity contribution in [2.75, 3.05) is 0 Å². The summed E-state index contributed by atoms with van der Waals surface area (Å²) in [6, 6.07) is 9.89. The highest BCUT2D eigenvalue weighted by atomic mass is 15.1. The Morgan fingerprint density at radius 1 is 1.30 bits per heavy atom. The molecule has 1 unspecified atom stereocenters. The van der Waals surface area contributed by atoms with Crippen molar-refractivity contribution >= 4 is 0 Å². The first-order valence-corrected chi connectivity index (χ1v) is 7.55. The molecule has 1 aliphatic carbocycles. The predicted molar refractivity (Wildman–Crippen MR) is 81.7 cm³/mol. The van der Waals surface area contributed by atoms with Crippen LogP contribution < -0.4 is 5.32 Å². The summed E-state index contributed by atoms with van der Waals surface area (Å²) in [4.78, 5) is 4.35. The van der Waals surface area contributed by atoms with Crippen LogP contribution in [0.4, 0.5) is 0 Å². The van der Waals surface area contributed by atoms with Crippen molar-refractivity contribution in [3.8, 4) is 0 Å². The summed E-state index contributed by atoms with van der Waals surface area (Å²) < 4.78 is 2.37. The molecule has 106 valence electrons. The van der Waals surface area contributed by atoms with Gasteiger partial charge in [0.2, 0.25) is 0 Å². The number of imidazole rings is 1. The number of aryl methyl sites for hydroxylation is 1. The fourth-order valence-electron chi connectivity index (χ4n) is 3.02. The van der Waals surface area contributed by atoms with Gasteiger partial charge in [0.1, 0.15) is 0 Å². The zero-order valence-electron chi connectivity index (χ0n) is 12.3. The van der Waals surface area contributed by atoms with Crippen LogP contribution in [0.5, 0.6) is 0 Å². The molecule has 20 heavy (non-hydrogen) atoms. The van der Waals surface area contributed by atoms with E-state index in [1.165, 1.54) is 29.7 Å². The van der Waals surface area contributed by atoms with Gasteiger partial charge in [0.25, 0.3) is 0 Å². The molecule has 3 heteroatoms. The molecular weight excluding hydrogens is 246 g/mol. The Morgan fingerprint density at radius 3 is 2.90 bits per heavy atom. The van der Waals surface area contributed by atoms with Crippen LogP contribution in [0, 0.1) is 0 Å². The van der Waals surface area contributed by atoms with E-state index in [-0.39, 0.29) is 0 Å². The molecule has 0 bridgehead atoms. The number of rotatable bonds is 4. The fourth-order valence-corrected chi connectivity index (χ4v) is 3.02. The van der Waals surface area contributed by atoms with E-state index in [1.54, 1.807) is 0 Å². The minimum Gasteiger partial charge on any atom is -0.330 e. The fraction of sp³-hybridized carbons (Fsp3) is 0.471. The Kier molecular flexibility index (Phi) is 3.88. The van der Waals surface area contributed by atoms with Crippen LogP contribution in [-0.4, -0.2) is 15.6 Å². The number of aromatic nitrogens is 2. The highest BCUT2D eigenvalue weighted by molar-refractivity contribution is 5.30. The molecule has 0 aliphatic heterocycles. The summed E-state index contributed by atoms with van der Waals surface area (Å²) in [6.45, 7) is 5.25. The third kappa shape index (κ3) is 2.78. The summed E-state index contributed by atoms with van der Waals surface area (Å²) in [6.07, 6.45) is 7.51. The number of benzene rings is 1. The first-order valence-electron chi connectivity index (χ1n) is 7.55. The van der Waals surface area contributed by atoms with Crippen LogP contribution in [0.3, 0.4) is 0 Å². The number of nitrogens with zero attached hydrogens (tertiary/aromatic N) is 2. The standard InChI is InChI=1S/C17H23N3/c1-13(2)19-11-17-10-18-12-20(17)16-8-7-14-5-3-4-6-15(14)9-16/h3-6,10,12-13,16,19H,7-9,11H2,1-2H3.